The Labute approximate surface area is 456 Å². The van der Waals surface area contributed by atoms with E-state index in [1.807, 2.05) is 60.7 Å². The largest absolute Gasteiger partial charge is 0.309 e. The van der Waals surface area contributed by atoms with Gasteiger partial charge in [-0.1, -0.05) is 214 Å². The van der Waals surface area contributed by atoms with E-state index in [0.717, 1.165) is 76.5 Å². The molecule has 0 aliphatic carbocycles. The van der Waals surface area contributed by atoms with E-state index in [0.29, 0.717) is 11.6 Å². The van der Waals surface area contributed by atoms with Crippen LogP contribution in [-0.2, 0) is 0 Å². The van der Waals surface area contributed by atoms with E-state index >= 15 is 0 Å². The van der Waals surface area contributed by atoms with Crippen LogP contribution in [0.2, 0.25) is 0 Å². The minimum Gasteiger partial charge on any atom is -0.309 e. The van der Waals surface area contributed by atoms with Gasteiger partial charge in [0.15, 0.2) is 11.6 Å². The van der Waals surface area contributed by atoms with Crippen LogP contribution < -0.4 is 0 Å². The van der Waals surface area contributed by atoms with Crippen molar-refractivity contribution in [2.75, 3.05) is 0 Å². The first-order valence-electron chi connectivity index (χ1n) is 25.1. The second kappa shape index (κ2) is 20.3. The zero-order valence-electron chi connectivity index (χ0n) is 40.8. The lowest BCUT2D eigenvalue weighted by Gasteiger charge is -2.12. The first-order valence-corrected chi connectivity index (χ1v) is 26.7. The fourth-order valence-electron chi connectivity index (χ4n) is 10.2. The van der Waals surface area contributed by atoms with E-state index < -0.39 is 0 Å². The zero-order chi connectivity index (χ0) is 51.0. The molecule has 0 atom stereocenters. The predicted molar refractivity (Wildman–Crippen MR) is 321 cm³/mol. The van der Waals surface area contributed by atoms with E-state index in [1.165, 1.54) is 43.6 Å². The number of aromatic nitrogens is 6. The van der Waals surface area contributed by atoms with Crippen molar-refractivity contribution in [1.82, 2.24) is 29.1 Å². The van der Waals surface area contributed by atoms with E-state index in [-0.39, 0.29) is 0 Å². The Morgan fingerprint density at radius 2 is 0.513 bits per heavy atom. The molecule has 76 heavy (non-hydrogen) atoms. The Bertz CT molecular complexity index is 4020. The van der Waals surface area contributed by atoms with E-state index in [2.05, 4.69) is 247 Å². The highest BCUT2D eigenvalue weighted by Crippen LogP contribution is 2.37. The Morgan fingerprint density at radius 3 is 0.842 bits per heavy atom. The third kappa shape index (κ3) is 9.08. The SMILES string of the molecule is Brc1ccc(-c2cc(-c3ccccc3)nc(-c3cccc(-n4c5ccccc5c5ccccc54)c3)n2)cc1.Brc1ccc(-c2cc(-c3ccccc3)nc(-c3cccc(-n4c5ccccc5c5ccccc54)c3)n2)cc1. The summed E-state index contributed by atoms with van der Waals surface area (Å²) in [5.41, 5.74) is 16.6. The van der Waals surface area contributed by atoms with Gasteiger partial charge in [-0.15, -0.1) is 0 Å². The Kier molecular flexibility index (Phi) is 12.5. The second-order valence-electron chi connectivity index (χ2n) is 18.5. The lowest BCUT2D eigenvalue weighted by Crippen LogP contribution is -1.98. The summed E-state index contributed by atoms with van der Waals surface area (Å²) in [7, 11) is 0. The molecule has 4 aromatic heterocycles. The highest BCUT2D eigenvalue weighted by atomic mass is 79.9. The summed E-state index contributed by atoms with van der Waals surface area (Å²) in [6.07, 6.45) is 0. The Balaban J connectivity index is 0.000000146. The monoisotopic (exact) mass is 1100 g/mol. The van der Waals surface area contributed by atoms with Gasteiger partial charge >= 0.3 is 0 Å². The molecule has 4 heterocycles. The maximum absolute atomic E-state index is 5.04. The third-order valence-electron chi connectivity index (χ3n) is 13.8. The zero-order valence-corrected chi connectivity index (χ0v) is 44.0. The highest BCUT2D eigenvalue weighted by Gasteiger charge is 2.17. The molecule has 8 heteroatoms. The van der Waals surface area contributed by atoms with E-state index in [9.17, 15) is 0 Å². The van der Waals surface area contributed by atoms with Crippen molar-refractivity contribution in [2.45, 2.75) is 0 Å². The number of rotatable bonds is 8. The molecule has 14 aromatic rings. The molecule has 360 valence electrons. The molecule has 0 amide bonds. The molecule has 0 aliphatic rings. The summed E-state index contributed by atoms with van der Waals surface area (Å²) < 4.78 is 6.73. The average Bonchev–Trinajstić information content (AvgIpc) is 4.01. The first kappa shape index (κ1) is 46.7. The molecule has 0 saturated heterocycles. The molecular formula is C68H44Br2N6. The quantitative estimate of drug-likeness (QED) is 0.152. The summed E-state index contributed by atoms with van der Waals surface area (Å²) in [6.45, 7) is 0. The average molecular weight is 1100 g/mol. The second-order valence-corrected chi connectivity index (χ2v) is 20.3. The third-order valence-corrected chi connectivity index (χ3v) is 14.8. The van der Waals surface area contributed by atoms with Gasteiger partial charge in [0.25, 0.3) is 0 Å². The van der Waals surface area contributed by atoms with Crippen LogP contribution >= 0.6 is 31.9 Å². The van der Waals surface area contributed by atoms with Gasteiger partial charge in [-0.2, -0.15) is 0 Å². The number of para-hydroxylation sites is 4. The molecule has 0 fully saturated rings. The molecular weight excluding hydrogens is 1060 g/mol. The summed E-state index contributed by atoms with van der Waals surface area (Å²) >= 11 is 7.09. The lowest BCUT2D eigenvalue weighted by molar-refractivity contribution is 1.16. The summed E-state index contributed by atoms with van der Waals surface area (Å²) in [6, 6.07) is 92.5. The molecule has 0 radical (unpaired) electrons. The summed E-state index contributed by atoms with van der Waals surface area (Å²) in [5, 5.41) is 4.98. The smallest absolute Gasteiger partial charge is 0.160 e. The molecule has 10 aromatic carbocycles. The molecule has 14 rings (SSSR count). The lowest BCUT2D eigenvalue weighted by atomic mass is 10.1. The molecule has 0 unspecified atom stereocenters. The predicted octanol–water partition coefficient (Wildman–Crippen LogP) is 18.7. The number of halogens is 2. The van der Waals surface area contributed by atoms with Gasteiger partial charge in [-0.05, 0) is 84.9 Å². The standard InChI is InChI=1S/2C34H22BrN3/c2*35-26-19-17-24(18-20-26)31-22-30(23-9-2-1-3-10-23)36-34(37-31)25-11-8-12-27(21-25)38-32-15-6-4-13-28(32)29-14-5-7-16-33(29)38/h2*1-22H. The maximum Gasteiger partial charge on any atom is 0.160 e. The first-order chi connectivity index (χ1) is 37.5. The number of benzene rings is 10. The van der Waals surface area contributed by atoms with Crippen LogP contribution in [-0.4, -0.2) is 29.1 Å². The van der Waals surface area contributed by atoms with Gasteiger partial charge in [0.1, 0.15) is 0 Å². The summed E-state index contributed by atoms with van der Waals surface area (Å²) in [5.74, 6) is 1.40. The van der Waals surface area contributed by atoms with Crippen LogP contribution in [0.1, 0.15) is 0 Å². The van der Waals surface area contributed by atoms with Crippen LogP contribution in [0.4, 0.5) is 0 Å². The van der Waals surface area contributed by atoms with Crippen LogP contribution in [0.3, 0.4) is 0 Å². The Morgan fingerprint density at radius 1 is 0.237 bits per heavy atom. The molecule has 0 saturated carbocycles. The minimum atomic E-state index is 0.701. The molecule has 0 spiro atoms. The normalized spacial score (nSPS) is 11.3. The van der Waals surface area contributed by atoms with Crippen molar-refractivity contribution < 1.29 is 0 Å². The summed E-state index contributed by atoms with van der Waals surface area (Å²) in [4.78, 5) is 20.1. The molecule has 6 nitrogen and oxygen atoms in total. The number of fused-ring (bicyclic) bond motifs is 6. The van der Waals surface area contributed by atoms with Gasteiger partial charge < -0.3 is 9.13 Å². The van der Waals surface area contributed by atoms with Crippen molar-refractivity contribution >= 4 is 75.5 Å². The van der Waals surface area contributed by atoms with Crippen molar-refractivity contribution in [1.29, 1.82) is 0 Å². The van der Waals surface area contributed by atoms with E-state index in [4.69, 9.17) is 19.9 Å². The van der Waals surface area contributed by atoms with Gasteiger partial charge in [0.05, 0.1) is 44.8 Å². The van der Waals surface area contributed by atoms with Gasteiger partial charge in [-0.25, -0.2) is 19.9 Å². The molecule has 0 N–H and O–H groups in total. The molecule has 0 bridgehead atoms. The fraction of sp³-hybridized carbons (Fsp3) is 0. The van der Waals surface area contributed by atoms with Crippen molar-refractivity contribution in [3.63, 3.8) is 0 Å². The van der Waals surface area contributed by atoms with Crippen LogP contribution in [0.15, 0.2) is 276 Å². The number of nitrogens with zero attached hydrogens (tertiary/aromatic N) is 6. The topological polar surface area (TPSA) is 61.4 Å². The molecule has 0 aliphatic heterocycles. The fourth-order valence-corrected chi connectivity index (χ4v) is 10.7. The van der Waals surface area contributed by atoms with Gasteiger partial charge in [0, 0.05) is 75.2 Å². The Hall–Kier alpha value is -9.08. The van der Waals surface area contributed by atoms with Crippen molar-refractivity contribution in [2.24, 2.45) is 0 Å². The number of hydrogen-bond acceptors (Lipinski definition) is 4. The highest BCUT2D eigenvalue weighted by molar-refractivity contribution is 9.10. The van der Waals surface area contributed by atoms with Gasteiger partial charge in [-0.3, -0.25) is 0 Å². The number of hydrogen-bond donors (Lipinski definition) is 0. The van der Waals surface area contributed by atoms with Crippen LogP contribution in [0.25, 0.3) is 123 Å². The minimum absolute atomic E-state index is 0.701. The van der Waals surface area contributed by atoms with Gasteiger partial charge in [0.2, 0.25) is 0 Å². The maximum atomic E-state index is 5.04. The van der Waals surface area contributed by atoms with Crippen LogP contribution in [0, 0.1) is 0 Å². The van der Waals surface area contributed by atoms with Crippen LogP contribution in [0.5, 0.6) is 0 Å². The van der Waals surface area contributed by atoms with Crippen molar-refractivity contribution in [3.05, 3.63) is 276 Å². The van der Waals surface area contributed by atoms with E-state index in [1.54, 1.807) is 0 Å². The van der Waals surface area contributed by atoms with Crippen molar-refractivity contribution in [3.8, 4) is 79.2 Å².